The molecule has 4 rings (SSSR count). The van der Waals surface area contributed by atoms with E-state index < -0.39 is 24.1 Å². The summed E-state index contributed by atoms with van der Waals surface area (Å²) in [6, 6.07) is 13.8. The van der Waals surface area contributed by atoms with Crippen LogP contribution < -0.4 is 10.2 Å². The summed E-state index contributed by atoms with van der Waals surface area (Å²) in [7, 11) is 0. The van der Waals surface area contributed by atoms with E-state index in [0.717, 1.165) is 12.0 Å². The fraction of sp³-hybridized carbons (Fsp3) is 0.360. The van der Waals surface area contributed by atoms with Gasteiger partial charge in [0.1, 0.15) is 0 Å². The van der Waals surface area contributed by atoms with Crippen LogP contribution in [0.4, 0.5) is 11.4 Å². The number of nitrogens with one attached hydrogen (secondary N) is 1. The summed E-state index contributed by atoms with van der Waals surface area (Å²) >= 11 is 0. The summed E-state index contributed by atoms with van der Waals surface area (Å²) in [4.78, 5) is 55.0. The summed E-state index contributed by atoms with van der Waals surface area (Å²) in [5.74, 6) is -1.90. The number of nitrogens with zero attached hydrogens (tertiary/aromatic N) is 2. The first-order chi connectivity index (χ1) is 15.8. The molecule has 2 aliphatic heterocycles. The van der Waals surface area contributed by atoms with Crippen molar-refractivity contribution in [3.63, 3.8) is 0 Å². The second-order valence-electron chi connectivity index (χ2n) is 8.51. The van der Waals surface area contributed by atoms with Gasteiger partial charge in [-0.1, -0.05) is 31.2 Å². The number of hydrogen-bond acceptors (Lipinski definition) is 5. The second-order valence-corrected chi connectivity index (χ2v) is 8.51. The van der Waals surface area contributed by atoms with E-state index in [9.17, 15) is 19.2 Å². The molecular formula is C25H27N3O5. The van der Waals surface area contributed by atoms with Crippen molar-refractivity contribution in [1.82, 2.24) is 4.90 Å². The zero-order valence-corrected chi connectivity index (χ0v) is 19.0. The zero-order valence-electron chi connectivity index (χ0n) is 19.0. The van der Waals surface area contributed by atoms with Crippen LogP contribution in [0.25, 0.3) is 0 Å². The summed E-state index contributed by atoms with van der Waals surface area (Å²) in [5.41, 5.74) is 0.810. The van der Waals surface area contributed by atoms with Crippen molar-refractivity contribution in [1.29, 1.82) is 0 Å². The number of ether oxygens (including phenoxy) is 1. The molecule has 3 amide bonds. The Labute approximate surface area is 192 Å². The summed E-state index contributed by atoms with van der Waals surface area (Å²) in [6.45, 7) is 5.06. The number of aryl methyl sites for hydroxylation is 1. The first-order valence-electron chi connectivity index (χ1n) is 11.1. The van der Waals surface area contributed by atoms with Crippen molar-refractivity contribution >= 4 is 35.1 Å². The third-order valence-corrected chi connectivity index (χ3v) is 6.10. The number of carbonyl (C=O) groups is 4. The van der Waals surface area contributed by atoms with Gasteiger partial charge in [0, 0.05) is 24.6 Å². The molecule has 8 nitrogen and oxygen atoms in total. The average Bonchev–Trinajstić information content (AvgIpc) is 3.15. The average molecular weight is 450 g/mol. The Bertz CT molecular complexity index is 1130. The summed E-state index contributed by atoms with van der Waals surface area (Å²) < 4.78 is 5.43. The molecule has 0 bridgehead atoms. The van der Waals surface area contributed by atoms with Gasteiger partial charge in [-0.25, -0.2) is 4.79 Å². The van der Waals surface area contributed by atoms with Crippen LogP contribution >= 0.6 is 0 Å². The second kappa shape index (κ2) is 8.69. The predicted octanol–water partition coefficient (Wildman–Crippen LogP) is 3.12. The van der Waals surface area contributed by atoms with Gasteiger partial charge in [0.25, 0.3) is 11.8 Å². The predicted molar refractivity (Wildman–Crippen MR) is 123 cm³/mol. The van der Waals surface area contributed by atoms with Crippen molar-refractivity contribution in [2.45, 2.75) is 51.7 Å². The molecule has 2 aromatic carbocycles. The maximum atomic E-state index is 13.5. The molecule has 1 unspecified atom stereocenters. The van der Waals surface area contributed by atoms with Crippen molar-refractivity contribution in [2.75, 3.05) is 16.8 Å². The van der Waals surface area contributed by atoms with Crippen LogP contribution in [0.15, 0.2) is 48.5 Å². The van der Waals surface area contributed by atoms with Crippen molar-refractivity contribution in [2.24, 2.45) is 0 Å². The number of para-hydroxylation sites is 1. The maximum Gasteiger partial charge on any atom is 0.354 e. The molecule has 33 heavy (non-hydrogen) atoms. The monoisotopic (exact) mass is 449 g/mol. The number of amides is 3. The summed E-state index contributed by atoms with van der Waals surface area (Å²) in [5, 5.41) is 2.72. The third kappa shape index (κ3) is 3.75. The molecule has 0 aliphatic carbocycles. The van der Waals surface area contributed by atoms with Crippen LogP contribution in [0, 0.1) is 0 Å². The van der Waals surface area contributed by atoms with Crippen molar-refractivity contribution in [3.05, 3.63) is 59.7 Å². The molecule has 2 aliphatic rings. The van der Waals surface area contributed by atoms with Gasteiger partial charge in [-0.3, -0.25) is 19.3 Å². The first kappa shape index (κ1) is 22.5. The van der Waals surface area contributed by atoms with Gasteiger partial charge >= 0.3 is 5.97 Å². The van der Waals surface area contributed by atoms with Gasteiger partial charge in [0.15, 0.2) is 6.61 Å². The van der Waals surface area contributed by atoms with E-state index in [-0.39, 0.29) is 30.7 Å². The molecule has 172 valence electrons. The zero-order chi connectivity index (χ0) is 23.8. The number of hydrogen-bond donors (Lipinski definition) is 1. The normalized spacial score (nSPS) is 19.4. The van der Waals surface area contributed by atoms with E-state index in [4.69, 9.17) is 4.74 Å². The van der Waals surface area contributed by atoms with Crippen molar-refractivity contribution < 1.29 is 23.9 Å². The Kier molecular flexibility index (Phi) is 5.93. The third-order valence-electron chi connectivity index (χ3n) is 6.10. The maximum absolute atomic E-state index is 13.5. The quantitative estimate of drug-likeness (QED) is 0.684. The summed E-state index contributed by atoms with van der Waals surface area (Å²) in [6.07, 6.45) is 1.02. The molecule has 1 N–H and O–H groups in total. The van der Waals surface area contributed by atoms with Crippen LogP contribution in [0.1, 0.15) is 49.5 Å². The Morgan fingerprint density at radius 1 is 1.12 bits per heavy atom. The first-order valence-corrected chi connectivity index (χ1v) is 11.1. The molecule has 1 saturated heterocycles. The molecule has 8 heteroatoms. The van der Waals surface area contributed by atoms with Gasteiger partial charge in [0.2, 0.25) is 11.6 Å². The van der Waals surface area contributed by atoms with Crippen LogP contribution in [-0.2, 0) is 25.5 Å². The van der Waals surface area contributed by atoms with Crippen LogP contribution in [0.5, 0.6) is 0 Å². The standard InChI is InChI=1S/C25H27N3O5/c1-4-17-8-7-9-18(14-17)26-21(29)15-33-24(32)25-13-12-22(30)28(25)20-11-6-5-10-19(20)23(31)27(25)16(2)3/h5-11,14,16H,4,12-13,15H2,1-3H3,(H,26,29). The molecule has 2 heterocycles. The highest BCUT2D eigenvalue weighted by molar-refractivity contribution is 6.15. The Morgan fingerprint density at radius 2 is 1.88 bits per heavy atom. The molecular weight excluding hydrogens is 422 g/mol. The van der Waals surface area contributed by atoms with Gasteiger partial charge < -0.3 is 15.0 Å². The van der Waals surface area contributed by atoms with Gasteiger partial charge in [-0.15, -0.1) is 0 Å². The Balaban J connectivity index is 1.60. The number of benzene rings is 2. The molecule has 0 spiro atoms. The van der Waals surface area contributed by atoms with Gasteiger partial charge in [0.05, 0.1) is 11.3 Å². The molecule has 1 fully saturated rings. The fourth-order valence-corrected chi connectivity index (χ4v) is 4.69. The highest BCUT2D eigenvalue weighted by Gasteiger charge is 2.62. The number of rotatable bonds is 6. The van der Waals surface area contributed by atoms with E-state index in [1.807, 2.05) is 25.1 Å². The van der Waals surface area contributed by atoms with Crippen LogP contribution in [-0.4, -0.2) is 46.9 Å². The van der Waals surface area contributed by atoms with E-state index in [2.05, 4.69) is 5.32 Å². The van der Waals surface area contributed by atoms with E-state index in [0.29, 0.717) is 16.9 Å². The minimum absolute atomic E-state index is 0.0932. The number of esters is 1. The lowest BCUT2D eigenvalue weighted by Gasteiger charge is -2.50. The van der Waals surface area contributed by atoms with Crippen molar-refractivity contribution in [3.8, 4) is 0 Å². The number of fused-ring (bicyclic) bond motifs is 3. The van der Waals surface area contributed by atoms with E-state index in [1.54, 1.807) is 44.2 Å². The Hall–Kier alpha value is -3.68. The highest BCUT2D eigenvalue weighted by Crippen LogP contribution is 2.45. The highest BCUT2D eigenvalue weighted by atomic mass is 16.5. The molecule has 0 aromatic heterocycles. The van der Waals surface area contributed by atoms with Gasteiger partial charge in [-0.2, -0.15) is 0 Å². The van der Waals surface area contributed by atoms with Crippen LogP contribution in [0.3, 0.4) is 0 Å². The van der Waals surface area contributed by atoms with Crippen LogP contribution in [0.2, 0.25) is 0 Å². The lowest BCUT2D eigenvalue weighted by atomic mass is 9.95. The molecule has 1 atom stereocenters. The lowest BCUT2D eigenvalue weighted by molar-refractivity contribution is -0.160. The molecule has 2 aromatic rings. The number of anilines is 2. The minimum Gasteiger partial charge on any atom is -0.452 e. The SMILES string of the molecule is CCc1cccc(NC(=O)COC(=O)C23CCC(=O)N2c2ccccc2C(=O)N3C(C)C)c1. The topological polar surface area (TPSA) is 96.0 Å². The molecule has 0 saturated carbocycles. The van der Waals surface area contributed by atoms with E-state index >= 15 is 0 Å². The largest absolute Gasteiger partial charge is 0.452 e. The lowest BCUT2D eigenvalue weighted by Crippen LogP contribution is -2.70. The number of carbonyl (C=O) groups excluding carboxylic acids is 4. The smallest absolute Gasteiger partial charge is 0.354 e. The Morgan fingerprint density at radius 3 is 2.61 bits per heavy atom. The van der Waals surface area contributed by atoms with E-state index in [1.165, 1.54) is 9.80 Å². The minimum atomic E-state index is -1.61. The molecule has 0 radical (unpaired) electrons. The van der Waals surface area contributed by atoms with Gasteiger partial charge in [-0.05, 0) is 50.1 Å². The fourth-order valence-electron chi connectivity index (χ4n) is 4.69.